The normalized spacial score (nSPS) is 16.0. The average molecular weight is 396 g/mol. The first-order chi connectivity index (χ1) is 13.0. The van der Waals surface area contributed by atoms with Crippen molar-refractivity contribution >= 4 is 46.0 Å². The number of carbonyl (C=O) groups excluding carboxylic acids is 1. The monoisotopic (exact) mass is 395 g/mol. The van der Waals surface area contributed by atoms with Crippen molar-refractivity contribution in [2.24, 2.45) is 0 Å². The smallest absolute Gasteiger partial charge is 0.268 e. The van der Waals surface area contributed by atoms with E-state index < -0.39 is 0 Å². The Morgan fingerprint density at radius 1 is 1.07 bits per heavy atom. The molecule has 0 saturated carbocycles. The molecule has 140 valence electrons. The van der Waals surface area contributed by atoms with Gasteiger partial charge in [-0.25, -0.2) is 0 Å². The first-order valence-electron chi connectivity index (χ1n) is 9.46. The van der Waals surface area contributed by atoms with Crippen LogP contribution in [-0.2, 0) is 11.2 Å². The van der Waals surface area contributed by atoms with Crippen LogP contribution >= 0.6 is 24.0 Å². The second-order valence-electron chi connectivity index (χ2n) is 7.11. The number of benzene rings is 2. The summed E-state index contributed by atoms with van der Waals surface area (Å²) in [7, 11) is 0. The van der Waals surface area contributed by atoms with E-state index in [4.69, 9.17) is 12.2 Å². The topological polar surface area (TPSA) is 20.3 Å². The lowest BCUT2D eigenvalue weighted by molar-refractivity contribution is -0.113. The summed E-state index contributed by atoms with van der Waals surface area (Å²) in [6, 6.07) is 16.5. The van der Waals surface area contributed by atoms with Gasteiger partial charge < -0.3 is 0 Å². The summed E-state index contributed by atoms with van der Waals surface area (Å²) < 4.78 is 0.589. The van der Waals surface area contributed by atoms with Gasteiger partial charge in [0, 0.05) is 0 Å². The largest absolute Gasteiger partial charge is 0.270 e. The van der Waals surface area contributed by atoms with Gasteiger partial charge in [0.05, 0.1) is 10.6 Å². The highest BCUT2D eigenvalue weighted by Gasteiger charge is 2.33. The summed E-state index contributed by atoms with van der Waals surface area (Å²) in [4.78, 5) is 15.2. The molecule has 2 aromatic carbocycles. The van der Waals surface area contributed by atoms with Crippen LogP contribution < -0.4 is 4.90 Å². The van der Waals surface area contributed by atoms with Crippen LogP contribution in [0, 0.1) is 0 Å². The molecular weight excluding hydrogens is 370 g/mol. The molecule has 1 amide bonds. The van der Waals surface area contributed by atoms with E-state index in [0.717, 1.165) is 17.7 Å². The summed E-state index contributed by atoms with van der Waals surface area (Å²) >= 11 is 6.85. The molecule has 1 heterocycles. The highest BCUT2D eigenvalue weighted by Crippen LogP contribution is 2.36. The fraction of sp³-hybridized carbons (Fsp3) is 0.304. The van der Waals surface area contributed by atoms with Crippen LogP contribution in [0.5, 0.6) is 0 Å². The van der Waals surface area contributed by atoms with Gasteiger partial charge in [-0.2, -0.15) is 0 Å². The maximum atomic E-state index is 12.9. The van der Waals surface area contributed by atoms with E-state index in [1.54, 1.807) is 4.90 Å². The molecule has 1 aliphatic heterocycles. The van der Waals surface area contributed by atoms with Gasteiger partial charge in [-0.1, -0.05) is 87.6 Å². The number of amides is 1. The second kappa shape index (κ2) is 8.85. The van der Waals surface area contributed by atoms with Crippen molar-refractivity contribution in [2.75, 3.05) is 4.90 Å². The maximum absolute atomic E-state index is 12.9. The summed E-state index contributed by atoms with van der Waals surface area (Å²) in [6.07, 6.45) is 5.36. The fourth-order valence-electron chi connectivity index (χ4n) is 3.01. The molecule has 27 heavy (non-hydrogen) atoms. The number of anilines is 1. The molecule has 0 spiro atoms. The summed E-state index contributed by atoms with van der Waals surface area (Å²) in [6.45, 7) is 6.54. The van der Waals surface area contributed by atoms with E-state index in [0.29, 0.717) is 15.1 Å². The number of thioether (sulfide) groups is 1. The Morgan fingerprint density at radius 3 is 2.33 bits per heavy atom. The highest BCUT2D eigenvalue weighted by molar-refractivity contribution is 8.27. The van der Waals surface area contributed by atoms with Crippen molar-refractivity contribution < 1.29 is 4.79 Å². The quantitative estimate of drug-likeness (QED) is 0.408. The van der Waals surface area contributed by atoms with Crippen molar-refractivity contribution in [1.82, 2.24) is 0 Å². The molecule has 2 aromatic rings. The first-order valence-corrected chi connectivity index (χ1v) is 10.7. The number of carbonyl (C=O) groups is 1. The average Bonchev–Trinajstić information content (AvgIpc) is 2.94. The number of hydrogen-bond donors (Lipinski definition) is 0. The molecule has 0 radical (unpaired) electrons. The van der Waals surface area contributed by atoms with E-state index in [-0.39, 0.29) is 5.91 Å². The molecule has 1 aliphatic rings. The third-order valence-corrected chi connectivity index (χ3v) is 6.01. The standard InChI is InChI=1S/C23H25NOS2/c1-4-5-6-17-9-13-20(14-10-17)24-22(25)21(27-23(24)26)15-18-7-11-19(12-8-18)16(2)3/h7-16H,4-6H2,1-3H3/b21-15-. The first kappa shape index (κ1) is 19.8. The lowest BCUT2D eigenvalue weighted by Crippen LogP contribution is -2.27. The van der Waals surface area contributed by atoms with E-state index in [1.165, 1.54) is 35.7 Å². The van der Waals surface area contributed by atoms with Crippen LogP contribution in [0.25, 0.3) is 6.08 Å². The number of rotatable bonds is 6. The van der Waals surface area contributed by atoms with Gasteiger partial charge in [0.25, 0.3) is 5.91 Å². The second-order valence-corrected chi connectivity index (χ2v) is 8.78. The predicted molar refractivity (Wildman–Crippen MR) is 121 cm³/mol. The molecule has 0 aromatic heterocycles. The number of thiocarbonyl (C=S) groups is 1. The minimum absolute atomic E-state index is 0.0424. The molecule has 4 heteroatoms. The Balaban J connectivity index is 1.78. The number of nitrogens with zero attached hydrogens (tertiary/aromatic N) is 1. The van der Waals surface area contributed by atoms with Gasteiger partial charge in [-0.05, 0) is 53.7 Å². The van der Waals surface area contributed by atoms with Crippen LogP contribution in [0.15, 0.2) is 53.4 Å². The van der Waals surface area contributed by atoms with E-state index in [1.807, 2.05) is 18.2 Å². The zero-order valence-corrected chi connectivity index (χ0v) is 17.7. The van der Waals surface area contributed by atoms with Crippen LogP contribution in [-0.4, -0.2) is 10.2 Å². The summed E-state index contributed by atoms with van der Waals surface area (Å²) in [5.74, 6) is 0.455. The van der Waals surface area contributed by atoms with Gasteiger partial charge >= 0.3 is 0 Å². The molecular formula is C23H25NOS2. The molecule has 1 fully saturated rings. The predicted octanol–water partition coefficient (Wildman–Crippen LogP) is 6.56. The molecule has 0 bridgehead atoms. The van der Waals surface area contributed by atoms with Gasteiger partial charge in [-0.15, -0.1) is 0 Å². The number of hydrogen-bond acceptors (Lipinski definition) is 3. The molecule has 3 rings (SSSR count). The Morgan fingerprint density at radius 2 is 1.74 bits per heavy atom. The Bertz CT molecular complexity index is 851. The number of aryl methyl sites for hydroxylation is 1. The highest BCUT2D eigenvalue weighted by atomic mass is 32.2. The van der Waals surface area contributed by atoms with Gasteiger partial charge in [-0.3, -0.25) is 9.69 Å². The number of unbranched alkanes of at least 4 members (excludes halogenated alkanes) is 1. The zero-order chi connectivity index (χ0) is 19.4. The van der Waals surface area contributed by atoms with Crippen molar-refractivity contribution in [2.45, 2.75) is 46.0 Å². The Kier molecular flexibility index (Phi) is 6.51. The molecule has 0 atom stereocenters. The fourth-order valence-corrected chi connectivity index (χ4v) is 4.31. The van der Waals surface area contributed by atoms with Gasteiger partial charge in [0.1, 0.15) is 0 Å². The van der Waals surface area contributed by atoms with Crippen molar-refractivity contribution in [3.05, 3.63) is 70.1 Å². The molecule has 0 N–H and O–H groups in total. The summed E-state index contributed by atoms with van der Waals surface area (Å²) in [5.41, 5.74) is 4.46. The molecule has 2 nitrogen and oxygen atoms in total. The lowest BCUT2D eigenvalue weighted by atomic mass is 10.0. The summed E-state index contributed by atoms with van der Waals surface area (Å²) in [5, 5.41) is 0. The van der Waals surface area contributed by atoms with E-state index >= 15 is 0 Å². The van der Waals surface area contributed by atoms with Crippen molar-refractivity contribution in [3.63, 3.8) is 0 Å². The van der Waals surface area contributed by atoms with E-state index in [2.05, 4.69) is 57.2 Å². The van der Waals surface area contributed by atoms with Crippen molar-refractivity contribution in [1.29, 1.82) is 0 Å². The van der Waals surface area contributed by atoms with Crippen LogP contribution in [0.4, 0.5) is 5.69 Å². The van der Waals surface area contributed by atoms with Crippen LogP contribution in [0.1, 0.15) is 56.2 Å². The van der Waals surface area contributed by atoms with Crippen molar-refractivity contribution in [3.8, 4) is 0 Å². The van der Waals surface area contributed by atoms with Gasteiger partial charge in [0.15, 0.2) is 4.32 Å². The third-order valence-electron chi connectivity index (χ3n) is 4.71. The molecule has 1 saturated heterocycles. The lowest BCUT2D eigenvalue weighted by Gasteiger charge is -2.15. The maximum Gasteiger partial charge on any atom is 0.270 e. The Hall–Kier alpha value is -1.91. The Labute approximate surface area is 171 Å². The van der Waals surface area contributed by atoms with E-state index in [9.17, 15) is 4.79 Å². The SMILES string of the molecule is CCCCc1ccc(N2C(=O)/C(=C/c3ccc(C(C)C)cc3)SC2=S)cc1. The van der Waals surface area contributed by atoms with Gasteiger partial charge in [0.2, 0.25) is 0 Å². The minimum atomic E-state index is -0.0424. The molecule has 0 aliphatic carbocycles. The van der Waals surface area contributed by atoms with Crippen LogP contribution in [0.2, 0.25) is 0 Å². The third kappa shape index (κ3) is 4.69. The minimum Gasteiger partial charge on any atom is -0.268 e. The zero-order valence-electron chi connectivity index (χ0n) is 16.1. The molecule has 0 unspecified atom stereocenters. The van der Waals surface area contributed by atoms with Crippen LogP contribution in [0.3, 0.4) is 0 Å².